The molecule has 2 aromatic carbocycles. The van der Waals surface area contributed by atoms with Gasteiger partial charge >= 0.3 is 5.97 Å². The molecular weight excluding hydrogens is 460 g/mol. The monoisotopic (exact) mass is 486 g/mol. The quantitative estimate of drug-likeness (QED) is 0.483. The second-order valence-corrected chi connectivity index (χ2v) is 10.5. The van der Waals surface area contributed by atoms with Crippen LogP contribution < -0.4 is 9.56 Å². The number of carbonyl (C=O) groups is 3. The van der Waals surface area contributed by atoms with Gasteiger partial charge in [-0.3, -0.25) is 14.3 Å². The number of sulfonamides is 1. The standard InChI is InChI=1S/C24H26N2O7S/c1-6-20(28)21-18-12-9-16(13-19(18)26(22(21)29)33-23(30)24(3,4)5)25-34(31,32)17-10-7-15(8-11-17)14(2)27/h7-13,25,29H,6H2,1-5H3. The number of nitrogens with zero attached hydrogens (tertiary/aromatic N) is 1. The number of nitrogens with one attached hydrogen (secondary N) is 1. The Morgan fingerprint density at radius 1 is 1.06 bits per heavy atom. The van der Waals surface area contributed by atoms with Crippen LogP contribution in [-0.4, -0.2) is 35.8 Å². The van der Waals surface area contributed by atoms with E-state index in [9.17, 15) is 27.9 Å². The number of anilines is 1. The Morgan fingerprint density at radius 2 is 1.68 bits per heavy atom. The molecule has 0 spiro atoms. The van der Waals surface area contributed by atoms with Crippen molar-refractivity contribution < 1.29 is 32.7 Å². The second kappa shape index (κ2) is 8.94. The van der Waals surface area contributed by atoms with Crippen LogP contribution >= 0.6 is 0 Å². The van der Waals surface area contributed by atoms with Gasteiger partial charge in [0.2, 0.25) is 5.88 Å². The van der Waals surface area contributed by atoms with E-state index in [1.807, 2.05) is 0 Å². The highest BCUT2D eigenvalue weighted by Crippen LogP contribution is 2.34. The van der Waals surface area contributed by atoms with Crippen molar-refractivity contribution in [3.63, 3.8) is 0 Å². The fraction of sp³-hybridized carbons (Fsp3) is 0.292. The topological polar surface area (TPSA) is 132 Å². The molecule has 0 fully saturated rings. The molecule has 0 bridgehead atoms. The van der Waals surface area contributed by atoms with E-state index in [0.717, 1.165) is 4.73 Å². The van der Waals surface area contributed by atoms with Crippen molar-refractivity contribution in [1.29, 1.82) is 0 Å². The highest BCUT2D eigenvalue weighted by molar-refractivity contribution is 7.92. The molecule has 0 aliphatic carbocycles. The summed E-state index contributed by atoms with van der Waals surface area (Å²) in [5.41, 5.74) is -0.289. The predicted molar refractivity (Wildman–Crippen MR) is 127 cm³/mol. The highest BCUT2D eigenvalue weighted by Gasteiger charge is 2.29. The van der Waals surface area contributed by atoms with E-state index in [4.69, 9.17) is 4.84 Å². The summed E-state index contributed by atoms with van der Waals surface area (Å²) < 4.78 is 29.0. The Balaban J connectivity index is 2.08. The van der Waals surface area contributed by atoms with Crippen LogP contribution in [0.2, 0.25) is 0 Å². The average molecular weight is 487 g/mol. The maximum Gasteiger partial charge on any atom is 0.338 e. The van der Waals surface area contributed by atoms with Gasteiger partial charge in [-0.25, -0.2) is 13.2 Å². The van der Waals surface area contributed by atoms with Crippen molar-refractivity contribution >= 4 is 44.1 Å². The summed E-state index contributed by atoms with van der Waals surface area (Å²) in [5, 5.41) is 11.0. The van der Waals surface area contributed by atoms with Crippen LogP contribution in [0.25, 0.3) is 10.9 Å². The van der Waals surface area contributed by atoms with Gasteiger partial charge in [0.1, 0.15) is 0 Å². The molecule has 180 valence electrons. The van der Waals surface area contributed by atoms with E-state index >= 15 is 0 Å². The Hall–Kier alpha value is -3.66. The Bertz CT molecular complexity index is 1400. The lowest BCUT2D eigenvalue weighted by atomic mass is 9.98. The van der Waals surface area contributed by atoms with Crippen LogP contribution in [-0.2, 0) is 14.8 Å². The molecule has 1 aromatic heterocycles. The molecule has 0 saturated carbocycles. The Morgan fingerprint density at radius 3 is 2.21 bits per heavy atom. The first-order valence-corrected chi connectivity index (χ1v) is 12.0. The Kier molecular flexibility index (Phi) is 6.57. The zero-order valence-electron chi connectivity index (χ0n) is 19.5. The normalized spacial score (nSPS) is 11.9. The van der Waals surface area contributed by atoms with Gasteiger partial charge in [0.05, 0.1) is 27.1 Å². The fourth-order valence-electron chi connectivity index (χ4n) is 3.16. The molecule has 0 atom stereocenters. The SMILES string of the molecule is CCC(=O)c1c(O)n(OC(=O)C(C)(C)C)c2cc(NS(=O)(=O)c3ccc(C(C)=O)cc3)ccc12. The molecule has 1 heterocycles. The van der Waals surface area contributed by atoms with Gasteiger partial charge in [0.15, 0.2) is 11.6 Å². The molecule has 0 amide bonds. The molecule has 9 nitrogen and oxygen atoms in total. The molecule has 3 aromatic rings. The first kappa shape index (κ1) is 25.0. The number of benzene rings is 2. The van der Waals surface area contributed by atoms with Crippen molar-refractivity contribution in [2.75, 3.05) is 4.72 Å². The number of ketones is 2. The summed E-state index contributed by atoms with van der Waals surface area (Å²) in [6.07, 6.45) is 0.102. The number of aromatic nitrogens is 1. The summed E-state index contributed by atoms with van der Waals surface area (Å²) in [5.74, 6) is -1.76. The molecule has 3 rings (SSSR count). The lowest BCUT2D eigenvalue weighted by molar-refractivity contribution is -0.153. The number of carbonyl (C=O) groups excluding carboxylic acids is 3. The summed E-state index contributed by atoms with van der Waals surface area (Å²) in [6, 6.07) is 9.72. The molecular formula is C24H26N2O7S. The Labute approximate surface area is 197 Å². The first-order valence-electron chi connectivity index (χ1n) is 10.5. The van der Waals surface area contributed by atoms with Crippen LogP contribution in [0.15, 0.2) is 47.4 Å². The van der Waals surface area contributed by atoms with Crippen LogP contribution in [0.4, 0.5) is 5.69 Å². The van der Waals surface area contributed by atoms with Crippen LogP contribution in [0.1, 0.15) is 61.8 Å². The number of fused-ring (bicyclic) bond motifs is 1. The zero-order chi connectivity index (χ0) is 25.4. The third kappa shape index (κ3) is 4.81. The molecule has 10 heteroatoms. The number of rotatable bonds is 7. The van der Waals surface area contributed by atoms with Gasteiger partial charge in [0.25, 0.3) is 10.0 Å². The van der Waals surface area contributed by atoms with E-state index < -0.39 is 27.3 Å². The summed E-state index contributed by atoms with van der Waals surface area (Å²) >= 11 is 0. The molecule has 0 unspecified atom stereocenters. The second-order valence-electron chi connectivity index (χ2n) is 8.82. The molecule has 0 aliphatic rings. The van der Waals surface area contributed by atoms with E-state index in [1.54, 1.807) is 27.7 Å². The van der Waals surface area contributed by atoms with Gasteiger partial charge < -0.3 is 9.94 Å². The number of hydrogen-bond acceptors (Lipinski definition) is 7. The number of hydrogen-bond donors (Lipinski definition) is 2. The lowest BCUT2D eigenvalue weighted by Gasteiger charge is -2.17. The minimum absolute atomic E-state index is 0.0200. The van der Waals surface area contributed by atoms with Crippen LogP contribution in [0, 0.1) is 5.41 Å². The molecule has 0 aliphatic heterocycles. The predicted octanol–water partition coefficient (Wildman–Crippen LogP) is 3.94. The average Bonchev–Trinajstić information content (AvgIpc) is 3.03. The third-order valence-corrected chi connectivity index (χ3v) is 6.51. The summed E-state index contributed by atoms with van der Waals surface area (Å²) in [7, 11) is -4.02. The number of Topliss-reactive ketones (excluding diaryl/α,β-unsaturated/α-hetero) is 2. The third-order valence-electron chi connectivity index (χ3n) is 5.11. The maximum atomic E-state index is 12.8. The smallest absolute Gasteiger partial charge is 0.338 e. The van der Waals surface area contributed by atoms with Gasteiger partial charge in [-0.05, 0) is 58.0 Å². The van der Waals surface area contributed by atoms with Gasteiger partial charge in [-0.15, -0.1) is 4.73 Å². The van der Waals surface area contributed by atoms with Gasteiger partial charge in [-0.2, -0.15) is 0 Å². The van der Waals surface area contributed by atoms with Crippen LogP contribution in [0.3, 0.4) is 0 Å². The van der Waals surface area contributed by atoms with E-state index in [-0.39, 0.29) is 39.7 Å². The van der Waals surface area contributed by atoms with Crippen molar-refractivity contribution in [2.24, 2.45) is 5.41 Å². The van der Waals surface area contributed by atoms with Crippen molar-refractivity contribution in [3.05, 3.63) is 53.6 Å². The molecule has 0 radical (unpaired) electrons. The lowest BCUT2D eigenvalue weighted by Crippen LogP contribution is -2.31. The maximum absolute atomic E-state index is 12.8. The van der Waals surface area contributed by atoms with Crippen molar-refractivity contribution in [3.8, 4) is 5.88 Å². The van der Waals surface area contributed by atoms with Gasteiger partial charge in [0, 0.05) is 17.4 Å². The molecule has 34 heavy (non-hydrogen) atoms. The highest BCUT2D eigenvalue weighted by atomic mass is 32.2. The molecule has 2 N–H and O–H groups in total. The summed E-state index contributed by atoms with van der Waals surface area (Å²) in [4.78, 5) is 41.7. The fourth-order valence-corrected chi connectivity index (χ4v) is 4.21. The van der Waals surface area contributed by atoms with E-state index in [2.05, 4.69) is 4.72 Å². The minimum atomic E-state index is -4.02. The zero-order valence-corrected chi connectivity index (χ0v) is 20.3. The molecule has 0 saturated heterocycles. The van der Waals surface area contributed by atoms with Gasteiger partial charge in [-0.1, -0.05) is 19.1 Å². The largest absolute Gasteiger partial charge is 0.492 e. The number of aromatic hydroxyl groups is 1. The minimum Gasteiger partial charge on any atom is -0.492 e. The first-order chi connectivity index (χ1) is 15.8. The van der Waals surface area contributed by atoms with E-state index in [1.165, 1.54) is 49.4 Å². The van der Waals surface area contributed by atoms with E-state index in [0.29, 0.717) is 10.9 Å². The summed E-state index contributed by atoms with van der Waals surface area (Å²) in [6.45, 7) is 7.91. The van der Waals surface area contributed by atoms with Crippen LogP contribution in [0.5, 0.6) is 5.88 Å². The van der Waals surface area contributed by atoms with Crippen molar-refractivity contribution in [1.82, 2.24) is 4.73 Å². The van der Waals surface area contributed by atoms with Crippen molar-refractivity contribution in [2.45, 2.75) is 45.9 Å².